The summed E-state index contributed by atoms with van der Waals surface area (Å²) >= 11 is 0. The van der Waals surface area contributed by atoms with Gasteiger partial charge in [-0.05, 0) is 51.5 Å². The molecule has 0 unspecified atom stereocenters. The lowest BCUT2D eigenvalue weighted by Crippen LogP contribution is -2.47. The molecule has 7 rings (SSSR count). The summed E-state index contributed by atoms with van der Waals surface area (Å²) in [5.41, 5.74) is 5.94. The fraction of sp³-hybridized carbons (Fsp3) is 0.593. The van der Waals surface area contributed by atoms with Gasteiger partial charge in [-0.1, -0.05) is 5.21 Å². The van der Waals surface area contributed by atoms with Gasteiger partial charge >= 0.3 is 0 Å². The van der Waals surface area contributed by atoms with Gasteiger partial charge in [-0.3, -0.25) is 9.88 Å². The van der Waals surface area contributed by atoms with E-state index in [2.05, 4.69) is 37.7 Å². The van der Waals surface area contributed by atoms with Crippen molar-refractivity contribution in [3.8, 4) is 11.3 Å². The number of aromatic nitrogens is 7. The number of hydrogen-bond acceptors (Lipinski definition) is 8. The van der Waals surface area contributed by atoms with Crippen LogP contribution in [0.25, 0.3) is 33.3 Å². The molecule has 194 valence electrons. The summed E-state index contributed by atoms with van der Waals surface area (Å²) < 4.78 is 9.93. The van der Waals surface area contributed by atoms with E-state index in [4.69, 9.17) is 19.7 Å². The van der Waals surface area contributed by atoms with Crippen LogP contribution in [0.2, 0.25) is 0 Å². The molecule has 2 saturated heterocycles. The average Bonchev–Trinajstić information content (AvgIpc) is 3.67. The van der Waals surface area contributed by atoms with E-state index in [-0.39, 0.29) is 6.04 Å². The molecule has 4 aromatic rings. The summed E-state index contributed by atoms with van der Waals surface area (Å²) in [5, 5.41) is 9.49. The number of pyridine rings is 1. The first kappa shape index (κ1) is 23.0. The normalized spacial score (nSPS) is 20.8. The largest absolute Gasteiger partial charge is 0.381 e. The maximum absolute atomic E-state index is 5.69. The molecule has 1 atom stereocenters. The second-order valence-electron chi connectivity index (χ2n) is 11.0. The number of ether oxygens (including phenoxy) is 1. The van der Waals surface area contributed by atoms with E-state index in [1.54, 1.807) is 0 Å². The SMILES string of the molecule is Cc1nnn(C)c1-c1cnc2c3cnc(N4CCN(C5CC5)CC4)nc3n([C@H](C)C3CCOCC3)c2c1. The Morgan fingerprint density at radius 3 is 2.49 bits per heavy atom. The maximum Gasteiger partial charge on any atom is 0.227 e. The van der Waals surface area contributed by atoms with Gasteiger partial charge in [0.2, 0.25) is 5.95 Å². The van der Waals surface area contributed by atoms with Gasteiger partial charge in [0.15, 0.2) is 0 Å². The lowest BCUT2D eigenvalue weighted by Gasteiger charge is -2.34. The molecule has 0 amide bonds. The van der Waals surface area contributed by atoms with Crippen molar-refractivity contribution >= 4 is 28.0 Å². The molecule has 2 aliphatic heterocycles. The highest BCUT2D eigenvalue weighted by atomic mass is 16.5. The zero-order valence-corrected chi connectivity index (χ0v) is 22.0. The van der Waals surface area contributed by atoms with Crippen LogP contribution in [0.15, 0.2) is 18.5 Å². The van der Waals surface area contributed by atoms with Crippen molar-refractivity contribution in [3.63, 3.8) is 0 Å². The van der Waals surface area contributed by atoms with Crippen molar-refractivity contribution in [2.24, 2.45) is 13.0 Å². The molecule has 0 N–H and O–H groups in total. The Morgan fingerprint density at radius 2 is 1.78 bits per heavy atom. The zero-order chi connectivity index (χ0) is 25.1. The maximum atomic E-state index is 5.69. The van der Waals surface area contributed by atoms with Crippen LogP contribution in [0.5, 0.6) is 0 Å². The lowest BCUT2D eigenvalue weighted by molar-refractivity contribution is 0.0524. The number of rotatable bonds is 5. The van der Waals surface area contributed by atoms with Crippen LogP contribution in [0.4, 0.5) is 5.95 Å². The number of hydrogen-bond donors (Lipinski definition) is 0. The molecule has 1 saturated carbocycles. The minimum Gasteiger partial charge on any atom is -0.381 e. The third-order valence-corrected chi connectivity index (χ3v) is 8.65. The Morgan fingerprint density at radius 1 is 1.00 bits per heavy atom. The van der Waals surface area contributed by atoms with Gasteiger partial charge in [-0.25, -0.2) is 9.67 Å². The summed E-state index contributed by atoms with van der Waals surface area (Å²) in [6.07, 6.45) is 8.75. The van der Waals surface area contributed by atoms with Crippen LogP contribution in [0.1, 0.15) is 44.3 Å². The van der Waals surface area contributed by atoms with Crippen molar-refractivity contribution in [2.45, 2.75) is 51.6 Å². The Bertz CT molecular complexity index is 1420. The summed E-state index contributed by atoms with van der Waals surface area (Å²) in [4.78, 5) is 20.0. The van der Waals surface area contributed by atoms with Crippen molar-refractivity contribution in [3.05, 3.63) is 24.2 Å². The van der Waals surface area contributed by atoms with Crippen molar-refractivity contribution in [1.29, 1.82) is 0 Å². The minimum absolute atomic E-state index is 0.265. The third kappa shape index (κ3) is 3.97. The van der Waals surface area contributed by atoms with Gasteiger partial charge < -0.3 is 14.2 Å². The quantitative estimate of drug-likeness (QED) is 0.411. The number of fused-ring (bicyclic) bond motifs is 3. The fourth-order valence-corrected chi connectivity index (χ4v) is 6.36. The predicted octanol–water partition coefficient (Wildman–Crippen LogP) is 3.36. The van der Waals surface area contributed by atoms with Gasteiger partial charge in [0.05, 0.1) is 27.8 Å². The molecular formula is C27H35N9O. The fourth-order valence-electron chi connectivity index (χ4n) is 6.36. The van der Waals surface area contributed by atoms with E-state index < -0.39 is 0 Å². The predicted molar refractivity (Wildman–Crippen MR) is 143 cm³/mol. The van der Waals surface area contributed by atoms with Gasteiger partial charge in [-0.2, -0.15) is 4.98 Å². The number of nitrogens with zero attached hydrogens (tertiary/aromatic N) is 9. The standard InChI is InChI=1S/C27H35N9O/c1-17-25(33(3)32-31-17)20-14-23-24(28-15-20)22-16-29-27(35-10-8-34(9-11-35)21-4-5-21)30-26(22)36(23)18(2)19-6-12-37-13-7-19/h14-16,18-19,21H,4-13H2,1-3H3/t18-/m1/s1. The highest BCUT2D eigenvalue weighted by Gasteiger charge is 2.32. The molecule has 4 aromatic heterocycles. The number of anilines is 1. The van der Waals surface area contributed by atoms with E-state index in [0.29, 0.717) is 5.92 Å². The molecule has 3 fully saturated rings. The topological polar surface area (TPSA) is 90.0 Å². The molecule has 1 aliphatic carbocycles. The molecule has 0 spiro atoms. The molecular weight excluding hydrogens is 466 g/mol. The number of piperazine rings is 1. The first-order valence-electron chi connectivity index (χ1n) is 13.7. The molecule has 3 aliphatic rings. The summed E-state index contributed by atoms with van der Waals surface area (Å²) in [7, 11) is 1.93. The van der Waals surface area contributed by atoms with Crippen LogP contribution in [-0.4, -0.2) is 84.8 Å². The Balaban J connectivity index is 1.34. The van der Waals surface area contributed by atoms with Crippen LogP contribution >= 0.6 is 0 Å². The Hall–Kier alpha value is -3.11. The first-order valence-corrected chi connectivity index (χ1v) is 13.7. The highest BCUT2D eigenvalue weighted by molar-refractivity contribution is 6.05. The Labute approximate surface area is 216 Å². The summed E-state index contributed by atoms with van der Waals surface area (Å²) in [6.45, 7) is 10.1. The highest BCUT2D eigenvalue weighted by Crippen LogP contribution is 2.37. The van der Waals surface area contributed by atoms with Crippen LogP contribution in [-0.2, 0) is 11.8 Å². The van der Waals surface area contributed by atoms with Gasteiger partial charge in [0, 0.05) is 76.5 Å². The van der Waals surface area contributed by atoms with E-state index in [1.807, 2.05) is 31.0 Å². The van der Waals surface area contributed by atoms with Gasteiger partial charge in [0.1, 0.15) is 5.65 Å². The van der Waals surface area contributed by atoms with E-state index in [1.165, 1.54) is 12.8 Å². The first-order chi connectivity index (χ1) is 18.1. The molecule has 0 radical (unpaired) electrons. The van der Waals surface area contributed by atoms with Crippen molar-refractivity contribution in [1.82, 2.24) is 39.4 Å². The second-order valence-corrected chi connectivity index (χ2v) is 11.0. The van der Waals surface area contributed by atoms with Crippen molar-refractivity contribution in [2.75, 3.05) is 44.3 Å². The zero-order valence-electron chi connectivity index (χ0n) is 22.0. The van der Waals surface area contributed by atoms with Gasteiger partial charge in [-0.15, -0.1) is 5.10 Å². The minimum atomic E-state index is 0.265. The second kappa shape index (κ2) is 9.02. The van der Waals surface area contributed by atoms with Crippen LogP contribution in [0, 0.1) is 12.8 Å². The Kier molecular flexibility index (Phi) is 5.62. The van der Waals surface area contributed by atoms with E-state index in [0.717, 1.165) is 103 Å². The molecule has 37 heavy (non-hydrogen) atoms. The van der Waals surface area contributed by atoms with E-state index in [9.17, 15) is 0 Å². The summed E-state index contributed by atoms with van der Waals surface area (Å²) in [6, 6.07) is 3.31. The monoisotopic (exact) mass is 501 g/mol. The molecule has 6 heterocycles. The smallest absolute Gasteiger partial charge is 0.227 e. The average molecular weight is 502 g/mol. The van der Waals surface area contributed by atoms with Gasteiger partial charge in [0.25, 0.3) is 0 Å². The molecule has 10 nitrogen and oxygen atoms in total. The summed E-state index contributed by atoms with van der Waals surface area (Å²) in [5.74, 6) is 1.36. The molecule has 0 bridgehead atoms. The third-order valence-electron chi connectivity index (χ3n) is 8.65. The van der Waals surface area contributed by atoms with Crippen LogP contribution < -0.4 is 4.90 Å². The molecule has 0 aromatic carbocycles. The molecule has 10 heteroatoms. The lowest BCUT2D eigenvalue weighted by atomic mass is 9.92. The van der Waals surface area contributed by atoms with E-state index >= 15 is 0 Å². The van der Waals surface area contributed by atoms with Crippen molar-refractivity contribution < 1.29 is 4.74 Å². The number of aryl methyl sites for hydroxylation is 2. The van der Waals surface area contributed by atoms with Crippen LogP contribution in [0.3, 0.4) is 0 Å².